The Kier molecular flexibility index (Phi) is 12.3. The van der Waals surface area contributed by atoms with E-state index >= 15 is 0 Å². The lowest BCUT2D eigenvalue weighted by Crippen LogP contribution is -2.39. The quantitative estimate of drug-likeness (QED) is 0.345. The van der Waals surface area contributed by atoms with Crippen LogP contribution in [-0.4, -0.2) is 37.1 Å². The zero-order valence-corrected chi connectivity index (χ0v) is 15.7. The summed E-state index contributed by atoms with van der Waals surface area (Å²) in [5.74, 6) is 0.132. The van der Waals surface area contributed by atoms with Crippen molar-refractivity contribution in [2.45, 2.75) is 90.9 Å². The van der Waals surface area contributed by atoms with Crippen molar-refractivity contribution in [2.75, 3.05) is 26.2 Å². The molecule has 0 aliphatic carbocycles. The lowest BCUT2D eigenvalue weighted by molar-refractivity contribution is -0.149. The predicted molar refractivity (Wildman–Crippen MR) is 97.6 cm³/mol. The Hall–Kier alpha value is -0.570. The van der Waals surface area contributed by atoms with Crippen molar-refractivity contribution in [1.29, 1.82) is 0 Å². The fourth-order valence-electron chi connectivity index (χ4n) is 3.53. The number of esters is 1. The lowest BCUT2D eigenvalue weighted by atomic mass is 9.98. The van der Waals surface area contributed by atoms with E-state index in [0.717, 1.165) is 32.5 Å². The van der Waals surface area contributed by atoms with E-state index in [1.54, 1.807) is 0 Å². The van der Waals surface area contributed by atoms with Crippen molar-refractivity contribution in [3.05, 3.63) is 0 Å². The molecule has 136 valence electrons. The number of rotatable bonds is 13. The van der Waals surface area contributed by atoms with Crippen LogP contribution in [0.1, 0.15) is 90.9 Å². The molecule has 0 N–H and O–H groups in total. The minimum absolute atomic E-state index is 0.0141. The molecule has 1 heterocycles. The zero-order valence-electron chi connectivity index (χ0n) is 15.7. The van der Waals surface area contributed by atoms with Gasteiger partial charge in [-0.2, -0.15) is 0 Å². The van der Waals surface area contributed by atoms with Crippen molar-refractivity contribution in [3.8, 4) is 0 Å². The van der Waals surface area contributed by atoms with E-state index in [9.17, 15) is 4.79 Å². The fourth-order valence-corrected chi connectivity index (χ4v) is 3.53. The number of piperidine rings is 1. The first-order valence-electron chi connectivity index (χ1n) is 10.2. The molecular formula is C20H39NO2. The summed E-state index contributed by atoms with van der Waals surface area (Å²) in [6.45, 7) is 7.91. The third-order valence-electron chi connectivity index (χ3n) is 4.95. The van der Waals surface area contributed by atoms with Gasteiger partial charge in [0.15, 0.2) is 0 Å². The Morgan fingerprint density at radius 3 is 2.17 bits per heavy atom. The molecule has 3 heteroatoms. The van der Waals surface area contributed by atoms with Crippen LogP contribution in [0, 0.1) is 5.92 Å². The summed E-state index contributed by atoms with van der Waals surface area (Å²) in [6.07, 6.45) is 16.0. The summed E-state index contributed by atoms with van der Waals surface area (Å²) in [5, 5.41) is 0. The van der Waals surface area contributed by atoms with Gasteiger partial charge in [-0.1, -0.05) is 64.7 Å². The van der Waals surface area contributed by atoms with Gasteiger partial charge in [0.1, 0.15) is 0 Å². The van der Waals surface area contributed by atoms with Crippen LogP contribution < -0.4 is 0 Å². The van der Waals surface area contributed by atoms with Crippen LogP contribution in [-0.2, 0) is 9.53 Å². The molecule has 1 aliphatic heterocycles. The molecule has 1 aliphatic rings. The summed E-state index contributed by atoms with van der Waals surface area (Å²) in [5.41, 5.74) is 0. The molecule has 0 aromatic rings. The second-order valence-corrected chi connectivity index (χ2v) is 7.07. The molecule has 23 heavy (non-hydrogen) atoms. The molecule has 0 aromatic heterocycles. The molecular weight excluding hydrogens is 286 g/mol. The minimum atomic E-state index is 0.0141. The molecule has 0 radical (unpaired) electrons. The first-order chi connectivity index (χ1) is 11.3. The number of likely N-dealkylation sites (tertiary alicyclic amines) is 1. The van der Waals surface area contributed by atoms with E-state index in [1.165, 1.54) is 64.2 Å². The van der Waals surface area contributed by atoms with Crippen molar-refractivity contribution in [2.24, 2.45) is 5.92 Å². The molecule has 1 rings (SSSR count). The largest absolute Gasteiger partial charge is 0.466 e. The summed E-state index contributed by atoms with van der Waals surface area (Å²) >= 11 is 0. The van der Waals surface area contributed by atoms with Gasteiger partial charge < -0.3 is 9.64 Å². The number of nitrogens with zero attached hydrogens (tertiary/aromatic N) is 1. The molecule has 0 unspecified atom stereocenters. The number of ether oxygens (including phenoxy) is 1. The summed E-state index contributed by atoms with van der Waals surface area (Å²) in [6, 6.07) is 0. The number of carbonyl (C=O) groups excluding carboxylic acids is 1. The van der Waals surface area contributed by atoms with Gasteiger partial charge in [0, 0.05) is 6.54 Å². The maximum absolute atomic E-state index is 11.8. The van der Waals surface area contributed by atoms with Crippen LogP contribution in [0.2, 0.25) is 0 Å². The second-order valence-electron chi connectivity index (χ2n) is 7.07. The second kappa shape index (κ2) is 13.8. The number of carbonyl (C=O) groups is 1. The number of hydrogen-bond acceptors (Lipinski definition) is 3. The molecule has 1 saturated heterocycles. The van der Waals surface area contributed by atoms with Gasteiger partial charge in [-0.25, -0.2) is 0 Å². The van der Waals surface area contributed by atoms with E-state index in [2.05, 4.69) is 11.8 Å². The zero-order chi connectivity index (χ0) is 16.8. The molecule has 0 bridgehead atoms. The Morgan fingerprint density at radius 1 is 0.957 bits per heavy atom. The molecule has 1 atom stereocenters. The topological polar surface area (TPSA) is 29.5 Å². The summed E-state index contributed by atoms with van der Waals surface area (Å²) in [4.78, 5) is 14.3. The molecule has 0 spiro atoms. The van der Waals surface area contributed by atoms with E-state index in [1.807, 2.05) is 6.92 Å². The van der Waals surface area contributed by atoms with Crippen LogP contribution in [0.15, 0.2) is 0 Å². The minimum Gasteiger partial charge on any atom is -0.466 e. The van der Waals surface area contributed by atoms with Crippen molar-refractivity contribution >= 4 is 5.97 Å². The van der Waals surface area contributed by atoms with Crippen LogP contribution in [0.5, 0.6) is 0 Å². The van der Waals surface area contributed by atoms with E-state index in [-0.39, 0.29) is 11.9 Å². The van der Waals surface area contributed by atoms with Crippen LogP contribution in [0.4, 0.5) is 0 Å². The third kappa shape index (κ3) is 10.0. The molecule has 1 fully saturated rings. The highest BCUT2D eigenvalue weighted by atomic mass is 16.5. The Bertz CT molecular complexity index is 293. The van der Waals surface area contributed by atoms with Crippen LogP contribution in [0.3, 0.4) is 0 Å². The Morgan fingerprint density at radius 2 is 1.57 bits per heavy atom. The van der Waals surface area contributed by atoms with E-state index in [4.69, 9.17) is 4.74 Å². The maximum atomic E-state index is 11.8. The van der Waals surface area contributed by atoms with Gasteiger partial charge in [-0.15, -0.1) is 0 Å². The van der Waals surface area contributed by atoms with Gasteiger partial charge in [0.05, 0.1) is 12.5 Å². The fraction of sp³-hybridized carbons (Fsp3) is 0.950. The molecule has 0 saturated carbocycles. The number of hydrogen-bond donors (Lipinski definition) is 0. The van der Waals surface area contributed by atoms with Gasteiger partial charge in [-0.05, 0) is 39.3 Å². The third-order valence-corrected chi connectivity index (χ3v) is 4.95. The molecule has 0 aromatic carbocycles. The average molecular weight is 326 g/mol. The van der Waals surface area contributed by atoms with E-state index in [0.29, 0.717) is 6.61 Å². The van der Waals surface area contributed by atoms with Gasteiger partial charge >= 0.3 is 5.97 Å². The number of unbranched alkanes of at least 4 members (excludes halogenated alkanes) is 9. The highest BCUT2D eigenvalue weighted by Gasteiger charge is 2.26. The summed E-state index contributed by atoms with van der Waals surface area (Å²) in [7, 11) is 0. The normalized spacial score (nSPS) is 19.0. The van der Waals surface area contributed by atoms with Gasteiger partial charge in [0.2, 0.25) is 0 Å². The molecule has 3 nitrogen and oxygen atoms in total. The highest BCUT2D eigenvalue weighted by Crippen LogP contribution is 2.19. The smallest absolute Gasteiger partial charge is 0.310 e. The lowest BCUT2D eigenvalue weighted by Gasteiger charge is -2.31. The standard InChI is InChI=1S/C20H39NO2/c1-3-5-6-7-8-9-10-11-12-13-16-21-17-14-15-19(18-21)20(22)23-4-2/h19H,3-18H2,1-2H3/t19-/m0/s1. The van der Waals surface area contributed by atoms with Gasteiger partial charge in [-0.3, -0.25) is 4.79 Å². The average Bonchev–Trinajstić information content (AvgIpc) is 2.57. The van der Waals surface area contributed by atoms with Crippen LogP contribution >= 0.6 is 0 Å². The van der Waals surface area contributed by atoms with Crippen molar-refractivity contribution in [3.63, 3.8) is 0 Å². The van der Waals surface area contributed by atoms with Crippen molar-refractivity contribution in [1.82, 2.24) is 4.90 Å². The Balaban J connectivity index is 1.95. The van der Waals surface area contributed by atoms with Crippen molar-refractivity contribution < 1.29 is 9.53 Å². The van der Waals surface area contributed by atoms with Gasteiger partial charge in [0.25, 0.3) is 0 Å². The predicted octanol–water partition coefficient (Wildman–Crippen LogP) is 5.18. The maximum Gasteiger partial charge on any atom is 0.310 e. The highest BCUT2D eigenvalue weighted by molar-refractivity contribution is 5.72. The monoisotopic (exact) mass is 325 g/mol. The molecule has 0 amide bonds. The first kappa shape index (κ1) is 20.5. The first-order valence-corrected chi connectivity index (χ1v) is 10.2. The Labute approximate surface area is 144 Å². The van der Waals surface area contributed by atoms with Crippen LogP contribution in [0.25, 0.3) is 0 Å². The SMILES string of the molecule is CCCCCCCCCCCCN1CCC[C@H](C(=O)OCC)C1. The summed E-state index contributed by atoms with van der Waals surface area (Å²) < 4.78 is 5.17. The van der Waals surface area contributed by atoms with E-state index < -0.39 is 0 Å².